The molecular formula is C9H11NO2. The summed E-state index contributed by atoms with van der Waals surface area (Å²) in [6, 6.07) is -0.0533. The van der Waals surface area contributed by atoms with E-state index in [-0.39, 0.29) is 18.6 Å². The number of aliphatic hydroxyl groups excluding tert-OH is 1. The molecule has 1 heterocycles. The zero-order valence-electron chi connectivity index (χ0n) is 6.68. The molecule has 2 aliphatic rings. The minimum Gasteiger partial charge on any atom is -0.478 e. The zero-order valence-corrected chi connectivity index (χ0v) is 6.68. The summed E-state index contributed by atoms with van der Waals surface area (Å²) >= 11 is 0. The van der Waals surface area contributed by atoms with Gasteiger partial charge in [0.05, 0.1) is 12.5 Å². The summed E-state index contributed by atoms with van der Waals surface area (Å²) in [6.07, 6.45) is 8.00. The standard InChI is InChI=1S/C9H11NO2/c11-5-8-6-12-9(10-8)7-3-1-2-4-7/h1-4,7-8,11H,5-6H2/t8-/m1/s1. The Labute approximate surface area is 71.1 Å². The second kappa shape index (κ2) is 3.11. The van der Waals surface area contributed by atoms with Crippen LogP contribution in [0.1, 0.15) is 0 Å². The smallest absolute Gasteiger partial charge is 0.194 e. The van der Waals surface area contributed by atoms with E-state index in [9.17, 15) is 0 Å². The first-order valence-corrected chi connectivity index (χ1v) is 4.06. The zero-order chi connectivity index (χ0) is 8.39. The van der Waals surface area contributed by atoms with Gasteiger partial charge in [0.2, 0.25) is 0 Å². The molecular weight excluding hydrogens is 154 g/mol. The van der Waals surface area contributed by atoms with Crippen LogP contribution < -0.4 is 0 Å². The lowest BCUT2D eigenvalue weighted by atomic mass is 10.2. The summed E-state index contributed by atoms with van der Waals surface area (Å²) in [5.41, 5.74) is 0. The fourth-order valence-corrected chi connectivity index (χ4v) is 1.31. The van der Waals surface area contributed by atoms with Crippen LogP contribution in [-0.4, -0.2) is 30.3 Å². The molecule has 12 heavy (non-hydrogen) atoms. The molecule has 1 N–H and O–H groups in total. The number of rotatable bonds is 2. The fourth-order valence-electron chi connectivity index (χ4n) is 1.31. The third kappa shape index (κ3) is 1.28. The van der Waals surface area contributed by atoms with E-state index in [1.807, 2.05) is 24.3 Å². The predicted molar refractivity (Wildman–Crippen MR) is 46.0 cm³/mol. The average molecular weight is 165 g/mol. The summed E-state index contributed by atoms with van der Waals surface area (Å²) < 4.78 is 5.33. The van der Waals surface area contributed by atoms with Gasteiger partial charge in [-0.2, -0.15) is 0 Å². The van der Waals surface area contributed by atoms with Gasteiger partial charge in [0.1, 0.15) is 12.6 Å². The van der Waals surface area contributed by atoms with Crippen molar-refractivity contribution in [3.05, 3.63) is 24.3 Å². The van der Waals surface area contributed by atoms with Gasteiger partial charge in [-0.1, -0.05) is 24.3 Å². The SMILES string of the molecule is OC[C@@H]1COC(C2C=CC=C2)=N1. The van der Waals surface area contributed by atoms with Crippen LogP contribution in [0, 0.1) is 5.92 Å². The molecule has 3 heteroatoms. The Morgan fingerprint density at radius 3 is 2.83 bits per heavy atom. The quantitative estimate of drug-likeness (QED) is 0.648. The molecule has 1 aliphatic heterocycles. The van der Waals surface area contributed by atoms with Crippen LogP contribution in [-0.2, 0) is 4.74 Å². The Morgan fingerprint density at radius 1 is 1.50 bits per heavy atom. The number of allylic oxidation sites excluding steroid dienone is 2. The molecule has 0 aromatic heterocycles. The second-order valence-electron chi connectivity index (χ2n) is 2.91. The molecule has 0 fully saturated rings. The van der Waals surface area contributed by atoms with Crippen LogP contribution in [0.5, 0.6) is 0 Å². The highest BCUT2D eigenvalue weighted by atomic mass is 16.5. The minimum absolute atomic E-state index is 0.0533. The van der Waals surface area contributed by atoms with Gasteiger partial charge >= 0.3 is 0 Å². The third-order valence-corrected chi connectivity index (χ3v) is 1.98. The van der Waals surface area contributed by atoms with Crippen LogP contribution in [0.4, 0.5) is 0 Å². The van der Waals surface area contributed by atoms with Crippen LogP contribution in [0.25, 0.3) is 0 Å². The van der Waals surface area contributed by atoms with Crippen LogP contribution in [0.3, 0.4) is 0 Å². The van der Waals surface area contributed by atoms with Crippen molar-refractivity contribution in [3.8, 4) is 0 Å². The number of hydrogen-bond acceptors (Lipinski definition) is 3. The average Bonchev–Trinajstić information content (AvgIpc) is 2.75. The Hall–Kier alpha value is -1.09. The molecule has 0 saturated carbocycles. The maximum atomic E-state index is 8.80. The van der Waals surface area contributed by atoms with E-state index in [4.69, 9.17) is 9.84 Å². The van der Waals surface area contributed by atoms with Crippen LogP contribution >= 0.6 is 0 Å². The second-order valence-corrected chi connectivity index (χ2v) is 2.91. The van der Waals surface area contributed by atoms with Crippen molar-refractivity contribution in [1.29, 1.82) is 0 Å². The molecule has 1 aliphatic carbocycles. The lowest BCUT2D eigenvalue weighted by Crippen LogP contribution is -2.11. The highest BCUT2D eigenvalue weighted by molar-refractivity contribution is 5.84. The molecule has 0 aromatic rings. The molecule has 3 nitrogen and oxygen atoms in total. The first-order valence-electron chi connectivity index (χ1n) is 4.06. The monoisotopic (exact) mass is 165 g/mol. The van der Waals surface area contributed by atoms with Crippen molar-refractivity contribution in [2.75, 3.05) is 13.2 Å². The Morgan fingerprint density at radius 2 is 2.25 bits per heavy atom. The van der Waals surface area contributed by atoms with Crippen molar-refractivity contribution in [2.24, 2.45) is 10.9 Å². The van der Waals surface area contributed by atoms with E-state index in [2.05, 4.69) is 4.99 Å². The largest absolute Gasteiger partial charge is 0.478 e. The number of aliphatic imine (C=N–C) groups is 1. The molecule has 1 atom stereocenters. The normalized spacial score (nSPS) is 27.8. The summed E-state index contributed by atoms with van der Waals surface area (Å²) in [5.74, 6) is 0.931. The minimum atomic E-state index is -0.0533. The molecule has 0 unspecified atom stereocenters. The Bertz CT molecular complexity index is 243. The molecule has 0 amide bonds. The van der Waals surface area contributed by atoms with Crippen LogP contribution in [0.2, 0.25) is 0 Å². The van der Waals surface area contributed by atoms with Gasteiger partial charge in [-0.25, -0.2) is 4.99 Å². The summed E-state index contributed by atoms with van der Waals surface area (Å²) in [7, 11) is 0. The molecule has 0 bridgehead atoms. The van der Waals surface area contributed by atoms with Gasteiger partial charge in [-0.3, -0.25) is 0 Å². The van der Waals surface area contributed by atoms with Crippen molar-refractivity contribution >= 4 is 5.90 Å². The van der Waals surface area contributed by atoms with Gasteiger partial charge in [0.15, 0.2) is 5.90 Å². The lowest BCUT2D eigenvalue weighted by molar-refractivity contribution is 0.225. The van der Waals surface area contributed by atoms with E-state index >= 15 is 0 Å². The molecule has 2 rings (SSSR count). The van der Waals surface area contributed by atoms with Gasteiger partial charge in [0, 0.05) is 0 Å². The first-order chi connectivity index (χ1) is 5.90. The molecule has 0 aromatic carbocycles. The maximum Gasteiger partial charge on any atom is 0.194 e. The number of nitrogens with zero attached hydrogens (tertiary/aromatic N) is 1. The van der Waals surface area contributed by atoms with Crippen molar-refractivity contribution in [2.45, 2.75) is 6.04 Å². The van der Waals surface area contributed by atoms with Crippen molar-refractivity contribution in [1.82, 2.24) is 0 Å². The van der Waals surface area contributed by atoms with Gasteiger partial charge in [-0.05, 0) is 0 Å². The Kier molecular flexibility index (Phi) is 1.96. The van der Waals surface area contributed by atoms with E-state index < -0.39 is 0 Å². The maximum absolute atomic E-state index is 8.80. The molecule has 64 valence electrons. The van der Waals surface area contributed by atoms with E-state index in [1.165, 1.54) is 0 Å². The van der Waals surface area contributed by atoms with Gasteiger partial charge in [-0.15, -0.1) is 0 Å². The summed E-state index contributed by atoms with van der Waals surface area (Å²) in [4.78, 5) is 4.23. The van der Waals surface area contributed by atoms with Crippen LogP contribution in [0.15, 0.2) is 29.3 Å². The summed E-state index contributed by atoms with van der Waals surface area (Å²) in [6.45, 7) is 0.591. The fraction of sp³-hybridized carbons (Fsp3) is 0.444. The molecule has 0 radical (unpaired) electrons. The molecule has 0 saturated heterocycles. The first kappa shape index (κ1) is 7.55. The number of aliphatic hydroxyl groups is 1. The Balaban J connectivity index is 2.05. The highest BCUT2D eigenvalue weighted by Gasteiger charge is 2.22. The lowest BCUT2D eigenvalue weighted by Gasteiger charge is -2.03. The topological polar surface area (TPSA) is 41.8 Å². The number of hydrogen-bond donors (Lipinski definition) is 1. The van der Waals surface area contributed by atoms with E-state index in [0.29, 0.717) is 6.61 Å². The predicted octanol–water partition coefficient (Wildman–Crippen LogP) is 0.518. The van der Waals surface area contributed by atoms with E-state index in [1.54, 1.807) is 0 Å². The third-order valence-electron chi connectivity index (χ3n) is 1.98. The summed E-state index contributed by atoms with van der Waals surface area (Å²) in [5, 5.41) is 8.80. The van der Waals surface area contributed by atoms with Crippen molar-refractivity contribution < 1.29 is 9.84 Å². The van der Waals surface area contributed by atoms with Gasteiger partial charge in [0.25, 0.3) is 0 Å². The van der Waals surface area contributed by atoms with E-state index in [0.717, 1.165) is 5.90 Å². The molecule has 0 spiro atoms. The van der Waals surface area contributed by atoms with Crippen molar-refractivity contribution in [3.63, 3.8) is 0 Å². The number of ether oxygens (including phenoxy) is 1. The van der Waals surface area contributed by atoms with Gasteiger partial charge < -0.3 is 9.84 Å². The highest BCUT2D eigenvalue weighted by Crippen LogP contribution is 2.17.